The molecule has 3 rings (SSSR count). The van der Waals surface area contributed by atoms with Crippen LogP contribution >= 0.6 is 11.3 Å². The molecule has 122 valence electrons. The van der Waals surface area contributed by atoms with Gasteiger partial charge in [-0.25, -0.2) is 9.78 Å². The van der Waals surface area contributed by atoms with E-state index in [1.165, 1.54) is 22.6 Å². The molecule has 2 heterocycles. The zero-order valence-electron chi connectivity index (χ0n) is 13.8. The molecule has 6 heteroatoms. The number of hydrogen-bond donors (Lipinski definition) is 2. The summed E-state index contributed by atoms with van der Waals surface area (Å²) in [5.41, 5.74) is 3.99. The Morgan fingerprint density at radius 3 is 2.91 bits per heavy atom. The molecule has 2 aromatic rings. The summed E-state index contributed by atoms with van der Waals surface area (Å²) in [6.45, 7) is 8.51. The summed E-state index contributed by atoms with van der Waals surface area (Å²) in [7, 11) is 0. The molecule has 0 atom stereocenters. The van der Waals surface area contributed by atoms with Crippen molar-refractivity contribution in [1.82, 2.24) is 4.98 Å². The van der Waals surface area contributed by atoms with Crippen LogP contribution < -0.4 is 10.6 Å². The van der Waals surface area contributed by atoms with Gasteiger partial charge in [0.25, 0.3) is 0 Å². The first-order chi connectivity index (χ1) is 10.8. The van der Waals surface area contributed by atoms with E-state index in [1.54, 1.807) is 0 Å². The predicted octanol–water partition coefficient (Wildman–Crippen LogP) is 4.43. The molecule has 0 saturated carbocycles. The summed E-state index contributed by atoms with van der Waals surface area (Å²) in [6, 6.07) is 6.34. The topological polar surface area (TPSA) is 63.2 Å². The van der Waals surface area contributed by atoms with Crippen molar-refractivity contribution in [1.29, 1.82) is 0 Å². The summed E-state index contributed by atoms with van der Waals surface area (Å²) in [5, 5.41) is 6.63. The van der Waals surface area contributed by atoms with E-state index in [1.807, 2.05) is 27.7 Å². The number of hydrogen-bond acceptors (Lipinski definition) is 5. The summed E-state index contributed by atoms with van der Waals surface area (Å²) in [4.78, 5) is 17.5. The number of aromatic nitrogens is 1. The van der Waals surface area contributed by atoms with Crippen molar-refractivity contribution in [2.45, 2.75) is 39.7 Å². The average Bonchev–Trinajstić information content (AvgIpc) is 3.01. The Hall–Kier alpha value is -2.08. The lowest BCUT2D eigenvalue weighted by Crippen LogP contribution is -2.27. The summed E-state index contributed by atoms with van der Waals surface area (Å²) in [6.07, 6.45) is 0.561. The molecule has 0 unspecified atom stereocenters. The first-order valence-corrected chi connectivity index (χ1v) is 8.48. The van der Waals surface area contributed by atoms with Gasteiger partial charge in [0.15, 0.2) is 5.13 Å². The van der Waals surface area contributed by atoms with Gasteiger partial charge < -0.3 is 10.1 Å². The predicted molar refractivity (Wildman–Crippen MR) is 94.3 cm³/mol. The zero-order chi connectivity index (χ0) is 16.6. The van der Waals surface area contributed by atoms with Crippen LogP contribution in [0.2, 0.25) is 0 Å². The van der Waals surface area contributed by atoms with E-state index in [4.69, 9.17) is 4.74 Å². The van der Waals surface area contributed by atoms with Crippen molar-refractivity contribution in [3.63, 3.8) is 0 Å². The van der Waals surface area contributed by atoms with Gasteiger partial charge in [-0.05, 0) is 51.8 Å². The second-order valence-electron chi connectivity index (χ2n) is 6.60. The van der Waals surface area contributed by atoms with Crippen LogP contribution in [0.15, 0.2) is 18.2 Å². The molecule has 0 saturated heterocycles. The van der Waals surface area contributed by atoms with Crippen molar-refractivity contribution in [3.8, 4) is 11.3 Å². The molecule has 23 heavy (non-hydrogen) atoms. The molecule has 1 aromatic heterocycles. The van der Waals surface area contributed by atoms with E-state index in [0.717, 1.165) is 29.1 Å². The Morgan fingerprint density at radius 1 is 1.39 bits per heavy atom. The molecule has 1 aliphatic heterocycles. The fourth-order valence-corrected chi connectivity index (χ4v) is 3.38. The first-order valence-electron chi connectivity index (χ1n) is 7.66. The SMILES string of the molecule is Cc1sc(NC(=O)OC(C)(C)C)nc1-c1ccc2c(c1)CCN2. The highest BCUT2D eigenvalue weighted by Gasteiger charge is 2.19. The molecule has 0 spiro atoms. The summed E-state index contributed by atoms with van der Waals surface area (Å²) < 4.78 is 5.27. The number of fused-ring (bicyclic) bond motifs is 1. The van der Waals surface area contributed by atoms with Gasteiger partial charge in [0, 0.05) is 22.7 Å². The van der Waals surface area contributed by atoms with Crippen LogP contribution in [0.5, 0.6) is 0 Å². The van der Waals surface area contributed by atoms with Crippen molar-refractivity contribution in [2.24, 2.45) is 0 Å². The molecule has 1 amide bonds. The van der Waals surface area contributed by atoms with Crippen LogP contribution in [0.1, 0.15) is 31.2 Å². The van der Waals surface area contributed by atoms with Gasteiger partial charge >= 0.3 is 6.09 Å². The smallest absolute Gasteiger partial charge is 0.413 e. The number of carbonyl (C=O) groups is 1. The van der Waals surface area contributed by atoms with E-state index in [-0.39, 0.29) is 0 Å². The maximum Gasteiger partial charge on any atom is 0.413 e. The maximum absolute atomic E-state index is 11.9. The number of benzene rings is 1. The minimum Gasteiger partial charge on any atom is -0.444 e. The molecular formula is C17H21N3O2S. The van der Waals surface area contributed by atoms with Crippen molar-refractivity contribution >= 4 is 28.2 Å². The van der Waals surface area contributed by atoms with Crippen LogP contribution in [-0.4, -0.2) is 23.2 Å². The lowest BCUT2D eigenvalue weighted by Gasteiger charge is -2.18. The lowest BCUT2D eigenvalue weighted by molar-refractivity contribution is 0.0636. The van der Waals surface area contributed by atoms with Gasteiger partial charge in [0.2, 0.25) is 0 Å². The molecule has 1 aromatic carbocycles. The molecule has 0 aliphatic carbocycles. The zero-order valence-corrected chi connectivity index (χ0v) is 14.6. The number of nitrogens with one attached hydrogen (secondary N) is 2. The third kappa shape index (κ3) is 3.64. The third-order valence-electron chi connectivity index (χ3n) is 3.49. The molecule has 2 N–H and O–H groups in total. The van der Waals surface area contributed by atoms with Crippen molar-refractivity contribution in [3.05, 3.63) is 28.6 Å². The number of nitrogens with zero attached hydrogens (tertiary/aromatic N) is 1. The Labute approximate surface area is 140 Å². The van der Waals surface area contributed by atoms with Crippen LogP contribution in [-0.2, 0) is 11.2 Å². The highest BCUT2D eigenvalue weighted by atomic mass is 32.1. The Balaban J connectivity index is 1.80. The fraction of sp³-hybridized carbons (Fsp3) is 0.412. The Kier molecular flexibility index (Phi) is 4.02. The van der Waals surface area contributed by atoms with Gasteiger partial charge in [-0.15, -0.1) is 11.3 Å². The minimum absolute atomic E-state index is 0.476. The van der Waals surface area contributed by atoms with Gasteiger partial charge in [-0.2, -0.15) is 0 Å². The Bertz CT molecular complexity index is 747. The Morgan fingerprint density at radius 2 is 2.17 bits per heavy atom. The van der Waals surface area contributed by atoms with Gasteiger partial charge in [0.1, 0.15) is 5.60 Å². The lowest BCUT2D eigenvalue weighted by atomic mass is 10.1. The highest BCUT2D eigenvalue weighted by molar-refractivity contribution is 7.16. The van der Waals surface area contributed by atoms with E-state index in [9.17, 15) is 4.79 Å². The number of rotatable bonds is 2. The standard InChI is InChI=1S/C17H21N3O2S/c1-10-14(12-5-6-13-11(9-12)7-8-18-13)19-15(23-10)20-16(21)22-17(2,3)4/h5-6,9,18H,7-8H2,1-4H3,(H,19,20,21). The average molecular weight is 331 g/mol. The van der Waals surface area contributed by atoms with Crippen LogP contribution in [0.3, 0.4) is 0 Å². The first kappa shape index (κ1) is 15.8. The van der Waals surface area contributed by atoms with E-state index < -0.39 is 11.7 Å². The maximum atomic E-state index is 11.9. The number of thiazole rings is 1. The summed E-state index contributed by atoms with van der Waals surface area (Å²) in [5.74, 6) is 0. The molecule has 5 nitrogen and oxygen atoms in total. The van der Waals surface area contributed by atoms with Gasteiger partial charge in [-0.3, -0.25) is 5.32 Å². The van der Waals surface area contributed by atoms with E-state index >= 15 is 0 Å². The van der Waals surface area contributed by atoms with Crippen LogP contribution in [0, 0.1) is 6.92 Å². The second-order valence-corrected chi connectivity index (χ2v) is 7.80. The normalized spacial score (nSPS) is 13.4. The minimum atomic E-state index is -0.522. The molecule has 0 bridgehead atoms. The van der Waals surface area contributed by atoms with E-state index in [0.29, 0.717) is 5.13 Å². The molecule has 0 fully saturated rings. The van der Waals surface area contributed by atoms with Gasteiger partial charge in [-0.1, -0.05) is 6.07 Å². The number of amides is 1. The third-order valence-corrected chi connectivity index (χ3v) is 4.38. The highest BCUT2D eigenvalue weighted by Crippen LogP contribution is 2.33. The molecular weight excluding hydrogens is 310 g/mol. The summed E-state index contributed by atoms with van der Waals surface area (Å²) >= 11 is 1.46. The van der Waals surface area contributed by atoms with Crippen LogP contribution in [0.25, 0.3) is 11.3 Å². The van der Waals surface area contributed by atoms with Crippen molar-refractivity contribution < 1.29 is 9.53 Å². The molecule has 1 aliphatic rings. The van der Waals surface area contributed by atoms with Crippen molar-refractivity contribution in [2.75, 3.05) is 17.2 Å². The quantitative estimate of drug-likeness (QED) is 0.854. The largest absolute Gasteiger partial charge is 0.444 e. The molecule has 0 radical (unpaired) electrons. The number of carbonyl (C=O) groups excluding carboxylic acids is 1. The van der Waals surface area contributed by atoms with E-state index in [2.05, 4.69) is 33.8 Å². The monoisotopic (exact) mass is 331 g/mol. The van der Waals surface area contributed by atoms with Crippen LogP contribution in [0.4, 0.5) is 15.6 Å². The van der Waals surface area contributed by atoms with Gasteiger partial charge in [0.05, 0.1) is 5.69 Å². The number of ether oxygens (including phenoxy) is 1. The second kappa shape index (κ2) is 5.85. The number of anilines is 2. The number of aryl methyl sites for hydroxylation is 1. The fourth-order valence-electron chi connectivity index (χ4n) is 2.56.